The second-order valence-electron chi connectivity index (χ2n) is 4.44. The largest absolute Gasteiger partial charge is 0.416 e. The number of aromatic nitrogens is 1. The lowest BCUT2D eigenvalue weighted by Gasteiger charge is -2.12. The van der Waals surface area contributed by atoms with E-state index in [0.29, 0.717) is 0 Å². The highest BCUT2D eigenvalue weighted by Crippen LogP contribution is 2.30. The minimum absolute atomic E-state index is 0.218. The van der Waals surface area contributed by atoms with Gasteiger partial charge in [-0.15, -0.1) is 0 Å². The van der Waals surface area contributed by atoms with Crippen molar-refractivity contribution in [1.29, 1.82) is 0 Å². The van der Waals surface area contributed by atoms with Crippen LogP contribution in [-0.2, 0) is 6.18 Å². The number of halogens is 3. The zero-order chi connectivity index (χ0) is 14.8. The Kier molecular flexibility index (Phi) is 3.88. The van der Waals surface area contributed by atoms with Gasteiger partial charge in [0.15, 0.2) is 5.78 Å². The third-order valence-corrected chi connectivity index (χ3v) is 3.10. The van der Waals surface area contributed by atoms with Gasteiger partial charge >= 0.3 is 6.18 Å². The van der Waals surface area contributed by atoms with Crippen LogP contribution in [-0.4, -0.2) is 10.8 Å². The molecule has 0 aliphatic rings. The standard InChI is InChI=1S/C15H12F3NO/c1-10(11-6-8-19-9-7-11)14(20)12-2-4-13(5-3-12)15(16,17)18/h2-10H,1H3. The molecule has 0 aliphatic heterocycles. The molecule has 5 heteroatoms. The number of alkyl halides is 3. The summed E-state index contributed by atoms with van der Waals surface area (Å²) < 4.78 is 37.4. The highest BCUT2D eigenvalue weighted by atomic mass is 19.4. The third-order valence-electron chi connectivity index (χ3n) is 3.10. The highest BCUT2D eigenvalue weighted by Gasteiger charge is 2.30. The summed E-state index contributed by atoms with van der Waals surface area (Å²) in [6.45, 7) is 1.72. The molecule has 0 bridgehead atoms. The van der Waals surface area contributed by atoms with Crippen LogP contribution in [0.25, 0.3) is 0 Å². The van der Waals surface area contributed by atoms with Crippen molar-refractivity contribution in [3.63, 3.8) is 0 Å². The number of rotatable bonds is 3. The van der Waals surface area contributed by atoms with Crippen molar-refractivity contribution in [2.45, 2.75) is 19.0 Å². The predicted octanol–water partition coefficient (Wildman–Crippen LogP) is 4.09. The highest BCUT2D eigenvalue weighted by molar-refractivity contribution is 6.00. The van der Waals surface area contributed by atoms with Crippen molar-refractivity contribution in [1.82, 2.24) is 4.98 Å². The van der Waals surface area contributed by atoms with Gasteiger partial charge in [0.25, 0.3) is 0 Å². The maximum atomic E-state index is 12.5. The Morgan fingerprint density at radius 1 is 1.05 bits per heavy atom. The van der Waals surface area contributed by atoms with Crippen LogP contribution in [0.2, 0.25) is 0 Å². The van der Waals surface area contributed by atoms with Crippen LogP contribution in [0.4, 0.5) is 13.2 Å². The molecule has 2 aromatic rings. The number of carbonyl (C=O) groups excluding carboxylic acids is 1. The third kappa shape index (κ3) is 3.04. The SMILES string of the molecule is CC(C(=O)c1ccc(C(F)(F)F)cc1)c1ccncc1. The summed E-state index contributed by atoms with van der Waals surface area (Å²) in [4.78, 5) is 16.1. The summed E-state index contributed by atoms with van der Waals surface area (Å²) in [5.74, 6) is -0.639. The molecule has 1 aromatic heterocycles. The van der Waals surface area contributed by atoms with E-state index in [9.17, 15) is 18.0 Å². The molecular formula is C15H12F3NO. The molecular weight excluding hydrogens is 267 g/mol. The minimum atomic E-state index is -4.39. The summed E-state index contributed by atoms with van der Waals surface area (Å²) in [6.07, 6.45) is -1.24. The minimum Gasteiger partial charge on any atom is -0.294 e. The van der Waals surface area contributed by atoms with Crippen LogP contribution in [0, 0.1) is 0 Å². The van der Waals surface area contributed by atoms with Gasteiger partial charge in [0.05, 0.1) is 5.56 Å². The molecule has 0 amide bonds. The second-order valence-corrected chi connectivity index (χ2v) is 4.44. The van der Waals surface area contributed by atoms with E-state index in [1.54, 1.807) is 31.5 Å². The molecule has 1 atom stereocenters. The van der Waals surface area contributed by atoms with Gasteiger partial charge in [-0.1, -0.05) is 19.1 Å². The number of benzene rings is 1. The van der Waals surface area contributed by atoms with Crippen LogP contribution in [0.3, 0.4) is 0 Å². The number of nitrogens with zero attached hydrogens (tertiary/aromatic N) is 1. The molecule has 1 aromatic carbocycles. The number of ketones is 1. The van der Waals surface area contributed by atoms with Crippen molar-refractivity contribution in [3.05, 3.63) is 65.5 Å². The molecule has 2 nitrogen and oxygen atoms in total. The monoisotopic (exact) mass is 279 g/mol. The molecule has 0 spiro atoms. The van der Waals surface area contributed by atoms with E-state index in [1.807, 2.05) is 0 Å². The first-order valence-corrected chi connectivity index (χ1v) is 6.01. The molecule has 1 unspecified atom stereocenters. The molecule has 0 aliphatic carbocycles. The van der Waals surface area contributed by atoms with Gasteiger partial charge in [-0.2, -0.15) is 13.2 Å². The topological polar surface area (TPSA) is 30.0 Å². The van der Waals surface area contributed by atoms with E-state index in [-0.39, 0.29) is 11.3 Å². The normalized spacial score (nSPS) is 13.0. The smallest absolute Gasteiger partial charge is 0.294 e. The Morgan fingerprint density at radius 2 is 1.60 bits per heavy atom. The number of hydrogen-bond donors (Lipinski definition) is 0. The maximum absolute atomic E-state index is 12.5. The van der Waals surface area contributed by atoms with Gasteiger partial charge in [0.1, 0.15) is 0 Å². The molecule has 2 rings (SSSR count). The zero-order valence-corrected chi connectivity index (χ0v) is 10.7. The van der Waals surface area contributed by atoms with Crippen molar-refractivity contribution in [2.75, 3.05) is 0 Å². The lowest BCUT2D eigenvalue weighted by molar-refractivity contribution is -0.137. The Morgan fingerprint density at radius 3 is 2.10 bits per heavy atom. The summed E-state index contributed by atoms with van der Waals surface area (Å²) in [7, 11) is 0. The number of pyridine rings is 1. The van der Waals surface area contributed by atoms with Crippen LogP contribution < -0.4 is 0 Å². The number of hydrogen-bond acceptors (Lipinski definition) is 2. The molecule has 104 valence electrons. The molecule has 20 heavy (non-hydrogen) atoms. The Labute approximate surface area is 114 Å². The fourth-order valence-corrected chi connectivity index (χ4v) is 1.88. The average Bonchev–Trinajstić information content (AvgIpc) is 2.46. The molecule has 0 fully saturated rings. The second kappa shape index (κ2) is 5.45. The van der Waals surface area contributed by atoms with Gasteiger partial charge in [-0.25, -0.2) is 0 Å². The lowest BCUT2D eigenvalue weighted by Crippen LogP contribution is -2.11. The van der Waals surface area contributed by atoms with Crippen molar-refractivity contribution < 1.29 is 18.0 Å². The number of Topliss-reactive ketones (excluding diaryl/α,β-unsaturated/α-hetero) is 1. The van der Waals surface area contributed by atoms with Gasteiger partial charge < -0.3 is 0 Å². The Balaban J connectivity index is 2.22. The lowest BCUT2D eigenvalue weighted by atomic mass is 9.92. The number of carbonyl (C=O) groups is 1. The predicted molar refractivity (Wildman–Crippen MR) is 68.4 cm³/mol. The van der Waals surface area contributed by atoms with E-state index in [1.165, 1.54) is 12.1 Å². The van der Waals surface area contributed by atoms with E-state index >= 15 is 0 Å². The molecule has 0 N–H and O–H groups in total. The van der Waals surface area contributed by atoms with Gasteiger partial charge in [-0.3, -0.25) is 9.78 Å². The summed E-state index contributed by atoms with van der Waals surface area (Å²) in [6, 6.07) is 7.70. The zero-order valence-electron chi connectivity index (χ0n) is 10.7. The fourth-order valence-electron chi connectivity index (χ4n) is 1.88. The van der Waals surface area contributed by atoms with Crippen molar-refractivity contribution in [2.24, 2.45) is 0 Å². The van der Waals surface area contributed by atoms with Crippen LogP contribution in [0.1, 0.15) is 34.3 Å². The van der Waals surface area contributed by atoms with Gasteiger partial charge in [-0.05, 0) is 29.8 Å². The van der Waals surface area contributed by atoms with E-state index in [0.717, 1.165) is 17.7 Å². The molecule has 0 saturated heterocycles. The summed E-state index contributed by atoms with van der Waals surface area (Å²) >= 11 is 0. The van der Waals surface area contributed by atoms with Crippen LogP contribution in [0.5, 0.6) is 0 Å². The van der Waals surface area contributed by atoms with E-state index in [4.69, 9.17) is 0 Å². The summed E-state index contributed by atoms with van der Waals surface area (Å²) in [5.41, 5.74) is 0.290. The van der Waals surface area contributed by atoms with Crippen molar-refractivity contribution in [3.8, 4) is 0 Å². The van der Waals surface area contributed by atoms with Crippen LogP contribution >= 0.6 is 0 Å². The molecule has 0 radical (unpaired) electrons. The average molecular weight is 279 g/mol. The quantitative estimate of drug-likeness (QED) is 0.792. The van der Waals surface area contributed by atoms with Crippen molar-refractivity contribution >= 4 is 5.78 Å². The van der Waals surface area contributed by atoms with E-state index in [2.05, 4.69) is 4.98 Å². The first-order chi connectivity index (χ1) is 9.39. The first kappa shape index (κ1) is 14.2. The first-order valence-electron chi connectivity index (χ1n) is 6.01. The molecule has 0 saturated carbocycles. The van der Waals surface area contributed by atoms with E-state index < -0.39 is 17.7 Å². The van der Waals surface area contributed by atoms with Gasteiger partial charge in [0.2, 0.25) is 0 Å². The Hall–Kier alpha value is -2.17. The maximum Gasteiger partial charge on any atom is 0.416 e. The Bertz CT molecular complexity index is 591. The summed E-state index contributed by atoms with van der Waals surface area (Å²) in [5, 5.41) is 0. The van der Waals surface area contributed by atoms with Gasteiger partial charge in [0, 0.05) is 23.9 Å². The fraction of sp³-hybridized carbons (Fsp3) is 0.200. The van der Waals surface area contributed by atoms with Crippen LogP contribution in [0.15, 0.2) is 48.8 Å². The molecule has 1 heterocycles.